The van der Waals surface area contributed by atoms with Gasteiger partial charge in [-0.05, 0) is 24.3 Å². The van der Waals surface area contributed by atoms with E-state index in [0.717, 1.165) is 4.40 Å². The van der Waals surface area contributed by atoms with Crippen LogP contribution in [0.5, 0.6) is 0 Å². The summed E-state index contributed by atoms with van der Waals surface area (Å²) in [5.74, 6) is -0.242. The summed E-state index contributed by atoms with van der Waals surface area (Å²) in [5, 5.41) is 24.8. The molecule has 0 aliphatic heterocycles. The van der Waals surface area contributed by atoms with E-state index in [1.54, 1.807) is 30.3 Å². The molecule has 2 N–H and O–H groups in total. The Balaban J connectivity index is 1.97. The van der Waals surface area contributed by atoms with E-state index in [2.05, 4.69) is 10.3 Å². The van der Waals surface area contributed by atoms with Gasteiger partial charge in [-0.15, -0.1) is 0 Å². The number of hydrogen-bond acceptors (Lipinski definition) is 6. The molecule has 134 valence electrons. The van der Waals surface area contributed by atoms with Crippen molar-refractivity contribution in [2.24, 2.45) is 0 Å². The quantitative estimate of drug-likeness (QED) is 0.508. The second kappa shape index (κ2) is 7.28. The second-order valence-electron chi connectivity index (χ2n) is 5.33. The van der Waals surface area contributed by atoms with E-state index in [9.17, 15) is 20.0 Å². The number of benzene rings is 1. The molecule has 26 heavy (non-hydrogen) atoms. The van der Waals surface area contributed by atoms with Crippen LogP contribution in [0.15, 0.2) is 47.4 Å². The van der Waals surface area contributed by atoms with E-state index >= 15 is 0 Å². The Morgan fingerprint density at radius 1 is 1.23 bits per heavy atom. The van der Waals surface area contributed by atoms with Gasteiger partial charge in [0, 0.05) is 28.4 Å². The number of halogens is 2. The molecular weight excluding hydrogens is 383 g/mol. The molecule has 2 aromatic heterocycles. The first-order valence-electron chi connectivity index (χ1n) is 7.41. The summed E-state index contributed by atoms with van der Waals surface area (Å²) in [6.07, 6.45) is 0.228. The molecule has 0 spiro atoms. The Labute approximate surface area is 156 Å². The van der Waals surface area contributed by atoms with Crippen molar-refractivity contribution in [2.45, 2.75) is 6.10 Å². The fourth-order valence-electron chi connectivity index (χ4n) is 2.49. The van der Waals surface area contributed by atoms with Crippen LogP contribution < -0.4 is 10.9 Å². The molecule has 1 aromatic carbocycles. The second-order valence-corrected chi connectivity index (χ2v) is 6.15. The number of pyridine rings is 1. The smallest absolute Gasteiger partial charge is 0.376 e. The van der Waals surface area contributed by atoms with E-state index in [-0.39, 0.29) is 33.6 Å². The molecule has 3 aromatic rings. The number of aromatic nitrogens is 2. The molecule has 0 aliphatic rings. The highest BCUT2D eigenvalue weighted by molar-refractivity contribution is 6.36. The van der Waals surface area contributed by atoms with E-state index in [1.165, 1.54) is 12.3 Å². The lowest BCUT2D eigenvalue weighted by atomic mass is 10.1. The molecule has 0 radical (unpaired) electrons. The van der Waals surface area contributed by atoms with Crippen LogP contribution in [-0.4, -0.2) is 26.0 Å². The summed E-state index contributed by atoms with van der Waals surface area (Å²) in [6.45, 7) is -0.181. The van der Waals surface area contributed by atoms with Crippen molar-refractivity contribution in [1.82, 2.24) is 9.38 Å². The SMILES string of the molecule is O=c1c([N+](=O)[O-])c(NCC(O)c2c(Cl)cccc2Cl)nc2ccccn12. The molecule has 8 nitrogen and oxygen atoms in total. The minimum absolute atomic E-state index is 0.181. The number of aliphatic hydroxyl groups excluding tert-OH is 1. The van der Waals surface area contributed by atoms with E-state index in [0.29, 0.717) is 0 Å². The van der Waals surface area contributed by atoms with Crippen molar-refractivity contribution in [2.75, 3.05) is 11.9 Å². The number of fused-ring (bicyclic) bond motifs is 1. The molecular formula is C16H12Cl2N4O4. The van der Waals surface area contributed by atoms with Gasteiger partial charge >= 0.3 is 11.2 Å². The molecule has 10 heteroatoms. The molecule has 0 amide bonds. The van der Waals surface area contributed by atoms with Crippen LogP contribution in [0.1, 0.15) is 11.7 Å². The van der Waals surface area contributed by atoms with Crippen molar-refractivity contribution < 1.29 is 10.0 Å². The van der Waals surface area contributed by atoms with Crippen molar-refractivity contribution in [3.63, 3.8) is 0 Å². The molecule has 3 rings (SSSR count). The lowest BCUT2D eigenvalue weighted by Gasteiger charge is -2.15. The summed E-state index contributed by atoms with van der Waals surface area (Å²) < 4.78 is 1.07. The maximum atomic E-state index is 12.4. The van der Waals surface area contributed by atoms with Gasteiger partial charge in [0.25, 0.3) is 0 Å². The molecule has 1 unspecified atom stereocenters. The molecule has 1 atom stereocenters. The Morgan fingerprint density at radius 2 is 1.92 bits per heavy atom. The Kier molecular flexibility index (Phi) is 5.08. The van der Waals surface area contributed by atoms with E-state index in [1.807, 2.05) is 0 Å². The third-order valence-corrected chi connectivity index (χ3v) is 4.35. The molecule has 0 bridgehead atoms. The van der Waals surface area contributed by atoms with Gasteiger partial charge < -0.3 is 10.4 Å². The van der Waals surface area contributed by atoms with Gasteiger partial charge in [0.15, 0.2) is 0 Å². The summed E-state index contributed by atoms with van der Waals surface area (Å²) in [4.78, 5) is 27.0. The van der Waals surface area contributed by atoms with Gasteiger partial charge in [-0.25, -0.2) is 4.98 Å². The number of rotatable bonds is 5. The molecule has 0 saturated carbocycles. The number of nitrogens with one attached hydrogen (secondary N) is 1. The molecule has 0 fully saturated rings. The molecule has 0 saturated heterocycles. The standard InChI is InChI=1S/C16H12Cl2N4O4/c17-9-4-3-5-10(18)13(9)11(23)8-19-15-14(22(25)26)16(24)21-7-2-1-6-12(21)20-15/h1-7,11,19,23H,8H2. The minimum Gasteiger partial charge on any atom is -0.386 e. The lowest BCUT2D eigenvalue weighted by molar-refractivity contribution is -0.385. The number of nitro groups is 1. The van der Waals surface area contributed by atoms with Gasteiger partial charge in [0.1, 0.15) is 5.65 Å². The highest BCUT2D eigenvalue weighted by atomic mass is 35.5. The first-order valence-corrected chi connectivity index (χ1v) is 8.17. The van der Waals surface area contributed by atoms with Gasteiger partial charge in [0.2, 0.25) is 5.82 Å². The maximum absolute atomic E-state index is 12.4. The predicted octanol–water partition coefficient (Wildman–Crippen LogP) is 3.06. The average molecular weight is 395 g/mol. The fraction of sp³-hybridized carbons (Fsp3) is 0.125. The summed E-state index contributed by atoms with van der Waals surface area (Å²) >= 11 is 12.1. The van der Waals surface area contributed by atoms with Crippen molar-refractivity contribution in [1.29, 1.82) is 0 Å². The average Bonchev–Trinajstić information content (AvgIpc) is 2.59. The van der Waals surface area contributed by atoms with Crippen LogP contribution in [0.4, 0.5) is 11.5 Å². The highest BCUT2D eigenvalue weighted by Gasteiger charge is 2.24. The zero-order chi connectivity index (χ0) is 18.8. The first-order chi connectivity index (χ1) is 12.4. The Hall–Kier alpha value is -2.68. The Bertz CT molecular complexity index is 1030. The van der Waals surface area contributed by atoms with Crippen molar-refractivity contribution >= 4 is 40.4 Å². The summed E-state index contributed by atoms with van der Waals surface area (Å²) in [5.41, 5.74) is -1.03. The number of anilines is 1. The van der Waals surface area contributed by atoms with Gasteiger partial charge in [0.05, 0.1) is 11.0 Å². The van der Waals surface area contributed by atoms with E-state index in [4.69, 9.17) is 23.2 Å². The number of hydrogen-bond donors (Lipinski definition) is 2. The van der Waals surface area contributed by atoms with Crippen molar-refractivity contribution in [3.05, 3.63) is 78.7 Å². The van der Waals surface area contributed by atoms with Gasteiger partial charge in [-0.1, -0.05) is 35.3 Å². The third-order valence-electron chi connectivity index (χ3n) is 3.69. The first kappa shape index (κ1) is 18.1. The monoisotopic (exact) mass is 394 g/mol. The summed E-state index contributed by atoms with van der Waals surface area (Å²) in [7, 11) is 0. The van der Waals surface area contributed by atoms with Crippen LogP contribution in [0, 0.1) is 10.1 Å². The maximum Gasteiger partial charge on any atom is 0.376 e. The van der Waals surface area contributed by atoms with E-state index < -0.39 is 22.3 Å². The summed E-state index contributed by atoms with van der Waals surface area (Å²) in [6, 6.07) is 9.51. The van der Waals surface area contributed by atoms with Crippen LogP contribution in [0.2, 0.25) is 10.0 Å². The minimum atomic E-state index is -1.16. The predicted molar refractivity (Wildman–Crippen MR) is 98.0 cm³/mol. The Morgan fingerprint density at radius 3 is 2.58 bits per heavy atom. The fourth-order valence-corrected chi connectivity index (χ4v) is 3.14. The third kappa shape index (κ3) is 3.34. The van der Waals surface area contributed by atoms with Gasteiger partial charge in [-0.2, -0.15) is 0 Å². The van der Waals surface area contributed by atoms with Crippen molar-refractivity contribution in [3.8, 4) is 0 Å². The highest BCUT2D eigenvalue weighted by Crippen LogP contribution is 2.30. The topological polar surface area (TPSA) is 110 Å². The van der Waals surface area contributed by atoms with Crippen LogP contribution >= 0.6 is 23.2 Å². The largest absolute Gasteiger partial charge is 0.386 e. The molecule has 0 aliphatic carbocycles. The zero-order valence-electron chi connectivity index (χ0n) is 13.1. The molecule has 2 heterocycles. The van der Waals surface area contributed by atoms with Crippen LogP contribution in [0.3, 0.4) is 0 Å². The van der Waals surface area contributed by atoms with Crippen LogP contribution in [0.25, 0.3) is 5.65 Å². The number of aliphatic hydroxyl groups is 1. The van der Waals surface area contributed by atoms with Crippen LogP contribution in [-0.2, 0) is 0 Å². The zero-order valence-corrected chi connectivity index (χ0v) is 14.6. The normalized spacial score (nSPS) is 12.1. The lowest BCUT2D eigenvalue weighted by Crippen LogP contribution is -2.22. The van der Waals surface area contributed by atoms with Gasteiger partial charge in [-0.3, -0.25) is 19.3 Å². The number of nitrogens with zero attached hydrogens (tertiary/aromatic N) is 3.